The van der Waals surface area contributed by atoms with Crippen molar-refractivity contribution in [1.29, 1.82) is 0 Å². The van der Waals surface area contributed by atoms with Gasteiger partial charge in [-0.05, 0) is 70.4 Å². The van der Waals surface area contributed by atoms with Gasteiger partial charge in [-0.25, -0.2) is 4.79 Å². The van der Waals surface area contributed by atoms with Gasteiger partial charge in [-0.1, -0.05) is 25.0 Å². The summed E-state index contributed by atoms with van der Waals surface area (Å²) in [5, 5.41) is 12.5. The van der Waals surface area contributed by atoms with Crippen molar-refractivity contribution < 1.29 is 9.90 Å². The molecule has 0 unspecified atom stereocenters. The van der Waals surface area contributed by atoms with E-state index in [0.717, 1.165) is 25.1 Å². The largest absolute Gasteiger partial charge is 0.478 e. The molecule has 1 aliphatic heterocycles. The van der Waals surface area contributed by atoms with Gasteiger partial charge >= 0.3 is 5.97 Å². The molecular weight excluding hydrogens is 288 g/mol. The van der Waals surface area contributed by atoms with Crippen LogP contribution in [0.1, 0.15) is 61.9 Å². The van der Waals surface area contributed by atoms with Gasteiger partial charge in [-0.15, -0.1) is 0 Å². The first-order chi connectivity index (χ1) is 11.0. The Balaban J connectivity index is 1.77. The number of hydrogen-bond acceptors (Lipinski definition) is 3. The third kappa shape index (κ3) is 6.32. The van der Waals surface area contributed by atoms with E-state index in [1.807, 2.05) is 12.1 Å². The number of hydrogen-bond donors (Lipinski definition) is 2. The molecule has 4 nitrogen and oxygen atoms in total. The lowest BCUT2D eigenvalue weighted by Gasteiger charge is -2.30. The zero-order valence-electron chi connectivity index (χ0n) is 14.5. The lowest BCUT2D eigenvalue weighted by atomic mass is 9.99. The van der Waals surface area contributed by atoms with Crippen LogP contribution in [0.15, 0.2) is 24.3 Å². The lowest BCUT2D eigenvalue weighted by Crippen LogP contribution is -2.42. The van der Waals surface area contributed by atoms with Crippen molar-refractivity contribution in [3.05, 3.63) is 35.4 Å². The molecule has 1 aromatic carbocycles. The minimum Gasteiger partial charge on any atom is -0.478 e. The van der Waals surface area contributed by atoms with Gasteiger partial charge in [-0.2, -0.15) is 0 Å². The van der Waals surface area contributed by atoms with Crippen LogP contribution in [-0.2, 0) is 6.54 Å². The van der Waals surface area contributed by atoms with Gasteiger partial charge < -0.3 is 15.3 Å². The van der Waals surface area contributed by atoms with E-state index in [4.69, 9.17) is 5.11 Å². The lowest BCUT2D eigenvalue weighted by molar-refractivity contribution is 0.0697. The number of carbonyl (C=O) groups is 1. The summed E-state index contributed by atoms with van der Waals surface area (Å²) in [6.45, 7) is 8.90. The van der Waals surface area contributed by atoms with E-state index in [2.05, 4.69) is 24.1 Å². The fourth-order valence-corrected chi connectivity index (χ4v) is 2.99. The minimum atomic E-state index is -0.873. The Hall–Kier alpha value is -1.39. The average Bonchev–Trinajstić information content (AvgIpc) is 2.80. The number of carboxylic acid groups (broad SMARTS) is 1. The molecule has 4 heteroatoms. The predicted octanol–water partition coefficient (Wildman–Crippen LogP) is 3.52. The quantitative estimate of drug-likeness (QED) is 0.807. The van der Waals surface area contributed by atoms with Crippen LogP contribution in [0.4, 0.5) is 0 Å². The van der Waals surface area contributed by atoms with E-state index in [0.29, 0.717) is 5.56 Å². The molecule has 1 heterocycles. The molecule has 1 aliphatic rings. The summed E-state index contributed by atoms with van der Waals surface area (Å²) in [6.07, 6.45) is 6.56. The van der Waals surface area contributed by atoms with Gasteiger partial charge in [0.25, 0.3) is 0 Å². The number of carboxylic acids is 1. The molecule has 0 aromatic heterocycles. The Labute approximate surface area is 139 Å². The van der Waals surface area contributed by atoms with Crippen molar-refractivity contribution in [2.45, 2.75) is 58.0 Å². The van der Waals surface area contributed by atoms with Crippen molar-refractivity contribution in [2.75, 3.05) is 19.6 Å². The van der Waals surface area contributed by atoms with Crippen LogP contribution in [-0.4, -0.2) is 41.1 Å². The molecule has 0 spiro atoms. The number of benzene rings is 1. The van der Waals surface area contributed by atoms with Crippen molar-refractivity contribution in [2.24, 2.45) is 0 Å². The molecule has 0 saturated carbocycles. The summed E-state index contributed by atoms with van der Waals surface area (Å²) in [6, 6.07) is 7.12. The SMILES string of the molecule is CC(C)(CCN1CCCCCC1)NCc1ccc(C(=O)O)cc1. The van der Waals surface area contributed by atoms with E-state index in [1.165, 1.54) is 38.8 Å². The first-order valence-electron chi connectivity index (χ1n) is 8.76. The summed E-state index contributed by atoms with van der Waals surface area (Å²) in [5.41, 5.74) is 1.55. The Morgan fingerprint density at radius 3 is 2.30 bits per heavy atom. The van der Waals surface area contributed by atoms with Crippen LogP contribution in [0.5, 0.6) is 0 Å². The smallest absolute Gasteiger partial charge is 0.335 e. The molecular formula is C19H30N2O2. The van der Waals surface area contributed by atoms with E-state index in [9.17, 15) is 4.79 Å². The second-order valence-electron chi connectivity index (χ2n) is 7.25. The number of likely N-dealkylation sites (tertiary alicyclic amines) is 1. The van der Waals surface area contributed by atoms with Gasteiger partial charge in [0.05, 0.1) is 5.56 Å². The highest BCUT2D eigenvalue weighted by Gasteiger charge is 2.19. The fourth-order valence-electron chi connectivity index (χ4n) is 2.99. The molecule has 0 atom stereocenters. The van der Waals surface area contributed by atoms with E-state index in [-0.39, 0.29) is 5.54 Å². The molecule has 1 saturated heterocycles. The van der Waals surface area contributed by atoms with Gasteiger partial charge in [0, 0.05) is 12.1 Å². The molecule has 0 amide bonds. The van der Waals surface area contributed by atoms with E-state index >= 15 is 0 Å². The van der Waals surface area contributed by atoms with Crippen molar-refractivity contribution in [3.8, 4) is 0 Å². The molecule has 0 bridgehead atoms. The van der Waals surface area contributed by atoms with Crippen molar-refractivity contribution in [3.63, 3.8) is 0 Å². The molecule has 2 N–H and O–H groups in total. The normalized spacial score (nSPS) is 17.0. The standard InChI is InChI=1S/C19H30N2O2/c1-19(2,11-14-21-12-5-3-4-6-13-21)20-15-16-7-9-17(10-8-16)18(22)23/h7-10,20H,3-6,11-15H2,1-2H3,(H,22,23). The zero-order chi connectivity index (χ0) is 16.7. The van der Waals surface area contributed by atoms with Gasteiger partial charge in [0.15, 0.2) is 0 Å². The van der Waals surface area contributed by atoms with E-state index < -0.39 is 5.97 Å². The van der Waals surface area contributed by atoms with Crippen LogP contribution in [0.2, 0.25) is 0 Å². The minimum absolute atomic E-state index is 0.0811. The highest BCUT2D eigenvalue weighted by Crippen LogP contribution is 2.15. The molecule has 0 aliphatic carbocycles. The van der Waals surface area contributed by atoms with Gasteiger partial charge in [-0.3, -0.25) is 0 Å². The molecule has 128 valence electrons. The topological polar surface area (TPSA) is 52.6 Å². The Morgan fingerprint density at radius 2 is 1.74 bits per heavy atom. The summed E-state index contributed by atoms with van der Waals surface area (Å²) in [7, 11) is 0. The molecule has 2 rings (SSSR count). The van der Waals surface area contributed by atoms with E-state index in [1.54, 1.807) is 12.1 Å². The van der Waals surface area contributed by atoms with Crippen LogP contribution in [0, 0.1) is 0 Å². The third-order valence-electron chi connectivity index (χ3n) is 4.72. The number of nitrogens with zero attached hydrogens (tertiary/aromatic N) is 1. The highest BCUT2D eigenvalue weighted by atomic mass is 16.4. The van der Waals surface area contributed by atoms with Crippen molar-refractivity contribution in [1.82, 2.24) is 10.2 Å². The number of rotatable bonds is 7. The summed E-state index contributed by atoms with van der Waals surface area (Å²) < 4.78 is 0. The monoisotopic (exact) mass is 318 g/mol. The summed E-state index contributed by atoms with van der Waals surface area (Å²) >= 11 is 0. The molecule has 0 radical (unpaired) electrons. The molecule has 1 aromatic rings. The first kappa shape index (κ1) is 18.0. The van der Waals surface area contributed by atoms with Crippen LogP contribution in [0.25, 0.3) is 0 Å². The maximum Gasteiger partial charge on any atom is 0.335 e. The maximum absolute atomic E-state index is 10.9. The van der Waals surface area contributed by atoms with Crippen LogP contribution in [0.3, 0.4) is 0 Å². The van der Waals surface area contributed by atoms with Gasteiger partial charge in [0.1, 0.15) is 0 Å². The Kier molecular flexibility index (Phi) is 6.60. The number of aromatic carboxylic acids is 1. The summed E-state index contributed by atoms with van der Waals surface area (Å²) in [5.74, 6) is -0.873. The second kappa shape index (κ2) is 8.46. The average molecular weight is 318 g/mol. The second-order valence-corrected chi connectivity index (χ2v) is 7.25. The van der Waals surface area contributed by atoms with Crippen molar-refractivity contribution >= 4 is 5.97 Å². The van der Waals surface area contributed by atoms with Crippen LogP contribution >= 0.6 is 0 Å². The number of nitrogens with one attached hydrogen (secondary N) is 1. The van der Waals surface area contributed by atoms with Gasteiger partial charge in [0.2, 0.25) is 0 Å². The fraction of sp³-hybridized carbons (Fsp3) is 0.632. The molecule has 23 heavy (non-hydrogen) atoms. The predicted molar refractivity (Wildman–Crippen MR) is 93.8 cm³/mol. The first-order valence-corrected chi connectivity index (χ1v) is 8.76. The maximum atomic E-state index is 10.9. The third-order valence-corrected chi connectivity index (χ3v) is 4.72. The Bertz CT molecular complexity index is 489. The zero-order valence-corrected chi connectivity index (χ0v) is 14.5. The Morgan fingerprint density at radius 1 is 1.13 bits per heavy atom. The van der Waals surface area contributed by atoms with Crippen LogP contribution < -0.4 is 5.32 Å². The highest BCUT2D eigenvalue weighted by molar-refractivity contribution is 5.87. The summed E-state index contributed by atoms with van der Waals surface area (Å²) in [4.78, 5) is 13.5. The molecule has 1 fully saturated rings.